The number of azide groups is 1. The van der Waals surface area contributed by atoms with Crippen LogP contribution < -0.4 is 0 Å². The molecule has 86 valence electrons. The van der Waals surface area contributed by atoms with E-state index in [1.54, 1.807) is 18.2 Å². The number of rotatable bonds is 3. The minimum Gasteiger partial charge on any atom is -0.507 e. The van der Waals surface area contributed by atoms with Crippen molar-refractivity contribution in [1.82, 2.24) is 5.16 Å². The lowest BCUT2D eigenvalue weighted by Gasteiger charge is -1.99. The molecule has 0 radical (unpaired) electrons. The standard InChI is InChI=1S/C10H7ClN4O2/c11-6-1-2-10(16)8(3-6)9-4-7(17-14-9)5-13-15-12/h1-4,16H,5H2. The zero-order valence-electron chi connectivity index (χ0n) is 8.54. The van der Waals surface area contributed by atoms with E-state index in [1.807, 2.05) is 0 Å². The predicted molar refractivity (Wildman–Crippen MR) is 61.5 cm³/mol. The van der Waals surface area contributed by atoms with Crippen LogP contribution in [0.15, 0.2) is 33.9 Å². The second-order valence-corrected chi connectivity index (χ2v) is 3.67. The monoisotopic (exact) mass is 250 g/mol. The fourth-order valence-electron chi connectivity index (χ4n) is 1.33. The Bertz CT molecular complexity index is 590. The normalized spacial score (nSPS) is 9.94. The fourth-order valence-corrected chi connectivity index (χ4v) is 1.50. The summed E-state index contributed by atoms with van der Waals surface area (Å²) in [4.78, 5) is 2.61. The summed E-state index contributed by atoms with van der Waals surface area (Å²) in [5, 5.41) is 17.2. The predicted octanol–water partition coefficient (Wildman–Crippen LogP) is 3.51. The number of aromatic hydroxyl groups is 1. The van der Waals surface area contributed by atoms with Crippen LogP contribution >= 0.6 is 11.6 Å². The van der Waals surface area contributed by atoms with Gasteiger partial charge in [-0.2, -0.15) is 0 Å². The first-order valence-corrected chi connectivity index (χ1v) is 5.04. The zero-order chi connectivity index (χ0) is 12.3. The van der Waals surface area contributed by atoms with E-state index in [0.29, 0.717) is 22.0 Å². The van der Waals surface area contributed by atoms with Gasteiger partial charge in [0.2, 0.25) is 0 Å². The van der Waals surface area contributed by atoms with Gasteiger partial charge in [0.1, 0.15) is 17.2 Å². The topological polar surface area (TPSA) is 95.0 Å². The maximum Gasteiger partial charge on any atom is 0.143 e. The average Bonchev–Trinajstić information content (AvgIpc) is 2.78. The molecule has 7 heteroatoms. The third-order valence-electron chi connectivity index (χ3n) is 2.08. The first kappa shape index (κ1) is 11.3. The molecular formula is C10H7ClN4O2. The molecule has 0 aliphatic heterocycles. The van der Waals surface area contributed by atoms with Crippen molar-refractivity contribution in [3.8, 4) is 17.0 Å². The van der Waals surface area contributed by atoms with Gasteiger partial charge in [0.15, 0.2) is 0 Å². The summed E-state index contributed by atoms with van der Waals surface area (Å²) in [7, 11) is 0. The summed E-state index contributed by atoms with van der Waals surface area (Å²) >= 11 is 5.82. The lowest BCUT2D eigenvalue weighted by molar-refractivity contribution is 0.386. The van der Waals surface area contributed by atoms with Crippen LogP contribution in [0.25, 0.3) is 21.7 Å². The van der Waals surface area contributed by atoms with E-state index < -0.39 is 0 Å². The third-order valence-corrected chi connectivity index (χ3v) is 2.32. The second kappa shape index (κ2) is 4.78. The molecule has 0 amide bonds. The summed E-state index contributed by atoms with van der Waals surface area (Å²) in [5.41, 5.74) is 9.07. The molecule has 1 aromatic heterocycles. The van der Waals surface area contributed by atoms with Crippen molar-refractivity contribution >= 4 is 11.6 Å². The number of nitrogens with zero attached hydrogens (tertiary/aromatic N) is 4. The summed E-state index contributed by atoms with van der Waals surface area (Å²) in [6.07, 6.45) is 0. The van der Waals surface area contributed by atoms with Crippen LogP contribution in [-0.4, -0.2) is 10.3 Å². The van der Waals surface area contributed by atoms with E-state index in [-0.39, 0.29) is 12.3 Å². The number of phenolic OH excluding ortho intramolecular Hbond substituents is 1. The Morgan fingerprint density at radius 3 is 3.06 bits per heavy atom. The zero-order valence-corrected chi connectivity index (χ0v) is 9.29. The smallest absolute Gasteiger partial charge is 0.143 e. The van der Waals surface area contributed by atoms with Crippen LogP contribution in [0.2, 0.25) is 5.02 Å². The van der Waals surface area contributed by atoms with E-state index in [1.165, 1.54) is 6.07 Å². The molecule has 0 atom stereocenters. The maximum atomic E-state index is 9.65. The Balaban J connectivity index is 2.36. The van der Waals surface area contributed by atoms with Crippen LogP contribution in [0, 0.1) is 0 Å². The van der Waals surface area contributed by atoms with Gasteiger partial charge in [0.25, 0.3) is 0 Å². The van der Waals surface area contributed by atoms with Crippen LogP contribution in [-0.2, 0) is 6.54 Å². The van der Waals surface area contributed by atoms with Crippen molar-refractivity contribution in [3.05, 3.63) is 45.5 Å². The lowest BCUT2D eigenvalue weighted by Crippen LogP contribution is -1.78. The van der Waals surface area contributed by atoms with E-state index in [0.717, 1.165) is 0 Å². The maximum absolute atomic E-state index is 9.65. The molecule has 1 heterocycles. The van der Waals surface area contributed by atoms with Crippen molar-refractivity contribution in [1.29, 1.82) is 0 Å². The highest BCUT2D eigenvalue weighted by molar-refractivity contribution is 6.30. The largest absolute Gasteiger partial charge is 0.507 e. The number of aromatic nitrogens is 1. The molecule has 0 saturated carbocycles. The molecule has 6 nitrogen and oxygen atoms in total. The Morgan fingerprint density at radius 2 is 2.29 bits per heavy atom. The van der Waals surface area contributed by atoms with E-state index in [9.17, 15) is 5.11 Å². The van der Waals surface area contributed by atoms with Crippen LogP contribution in [0.3, 0.4) is 0 Å². The molecule has 0 bridgehead atoms. The molecule has 17 heavy (non-hydrogen) atoms. The third kappa shape index (κ3) is 2.50. The van der Waals surface area contributed by atoms with Crippen LogP contribution in [0.4, 0.5) is 0 Å². The molecule has 2 aromatic rings. The first-order chi connectivity index (χ1) is 8.20. The van der Waals surface area contributed by atoms with Gasteiger partial charge in [0.05, 0.1) is 6.54 Å². The molecule has 2 rings (SSSR count). The van der Waals surface area contributed by atoms with Crippen molar-refractivity contribution < 1.29 is 9.63 Å². The number of phenols is 1. The van der Waals surface area contributed by atoms with Crippen molar-refractivity contribution in [3.63, 3.8) is 0 Å². The van der Waals surface area contributed by atoms with E-state index in [4.69, 9.17) is 21.7 Å². The Hall–Kier alpha value is -2.17. The Labute approximate surface area is 101 Å². The number of halogens is 1. The van der Waals surface area contributed by atoms with E-state index >= 15 is 0 Å². The highest BCUT2D eigenvalue weighted by Gasteiger charge is 2.10. The molecule has 0 fully saturated rings. The highest BCUT2D eigenvalue weighted by Crippen LogP contribution is 2.31. The van der Waals surface area contributed by atoms with E-state index in [2.05, 4.69) is 15.2 Å². The quantitative estimate of drug-likeness (QED) is 0.513. The minimum atomic E-state index is 0.0537. The summed E-state index contributed by atoms with van der Waals surface area (Å²) in [5.74, 6) is 0.468. The van der Waals surface area contributed by atoms with Gasteiger partial charge in [-0.25, -0.2) is 0 Å². The fraction of sp³-hybridized carbons (Fsp3) is 0.100. The number of hydrogen-bond donors (Lipinski definition) is 1. The summed E-state index contributed by atoms with van der Waals surface area (Å²) < 4.78 is 4.95. The van der Waals surface area contributed by atoms with Crippen molar-refractivity contribution in [2.24, 2.45) is 5.11 Å². The lowest BCUT2D eigenvalue weighted by atomic mass is 10.1. The van der Waals surface area contributed by atoms with Gasteiger partial charge >= 0.3 is 0 Å². The first-order valence-electron chi connectivity index (χ1n) is 4.66. The molecule has 1 N–H and O–H groups in total. The van der Waals surface area contributed by atoms with Gasteiger partial charge in [-0.15, -0.1) is 0 Å². The number of hydrogen-bond acceptors (Lipinski definition) is 4. The van der Waals surface area contributed by atoms with Gasteiger partial charge in [0, 0.05) is 21.6 Å². The Morgan fingerprint density at radius 1 is 1.47 bits per heavy atom. The van der Waals surface area contributed by atoms with Crippen LogP contribution in [0.1, 0.15) is 5.76 Å². The molecular weight excluding hydrogens is 244 g/mol. The second-order valence-electron chi connectivity index (χ2n) is 3.23. The molecule has 0 saturated heterocycles. The van der Waals surface area contributed by atoms with Gasteiger partial charge < -0.3 is 9.63 Å². The van der Waals surface area contributed by atoms with Gasteiger partial charge in [-0.3, -0.25) is 0 Å². The highest BCUT2D eigenvalue weighted by atomic mass is 35.5. The SMILES string of the molecule is [N-]=[N+]=NCc1cc(-c2cc(Cl)ccc2O)no1. The minimum absolute atomic E-state index is 0.0537. The van der Waals surface area contributed by atoms with Gasteiger partial charge in [-0.1, -0.05) is 21.9 Å². The summed E-state index contributed by atoms with van der Waals surface area (Å²) in [6, 6.07) is 6.20. The Kier molecular flexibility index (Phi) is 3.18. The molecule has 0 spiro atoms. The molecule has 0 aliphatic carbocycles. The summed E-state index contributed by atoms with van der Waals surface area (Å²) in [6.45, 7) is 0.0742. The van der Waals surface area contributed by atoms with Crippen molar-refractivity contribution in [2.45, 2.75) is 6.54 Å². The molecule has 0 aliphatic rings. The molecule has 1 aromatic carbocycles. The number of benzene rings is 1. The van der Waals surface area contributed by atoms with Crippen molar-refractivity contribution in [2.75, 3.05) is 0 Å². The molecule has 0 unspecified atom stereocenters. The van der Waals surface area contributed by atoms with Gasteiger partial charge in [-0.05, 0) is 23.7 Å². The average molecular weight is 251 g/mol. The van der Waals surface area contributed by atoms with Crippen LogP contribution in [0.5, 0.6) is 5.75 Å².